The fraction of sp³-hybridized carbons (Fsp3) is 0.250. The summed E-state index contributed by atoms with van der Waals surface area (Å²) in [5.74, 6) is 1.15. The Labute approximate surface area is 171 Å². The third-order valence-electron chi connectivity index (χ3n) is 5.34. The van der Waals surface area contributed by atoms with Gasteiger partial charge in [-0.2, -0.15) is 0 Å². The van der Waals surface area contributed by atoms with E-state index >= 15 is 0 Å². The van der Waals surface area contributed by atoms with E-state index in [1.54, 1.807) is 24.1 Å². The molecule has 0 fully saturated rings. The zero-order chi connectivity index (χ0) is 21.1. The predicted octanol–water partition coefficient (Wildman–Crippen LogP) is 5.29. The third kappa shape index (κ3) is 4.24. The van der Waals surface area contributed by atoms with Crippen molar-refractivity contribution in [1.82, 2.24) is 4.90 Å². The van der Waals surface area contributed by atoms with E-state index in [-0.39, 0.29) is 17.9 Å². The number of aryl methyl sites for hydroxylation is 2. The van der Waals surface area contributed by atoms with Gasteiger partial charge >= 0.3 is 0 Å². The number of carbonyl (C=O) groups is 2. The molecule has 0 radical (unpaired) electrons. The van der Waals surface area contributed by atoms with Gasteiger partial charge in [0.05, 0.1) is 11.6 Å². The van der Waals surface area contributed by atoms with Gasteiger partial charge in [0.1, 0.15) is 11.5 Å². The molecule has 0 saturated heterocycles. The fourth-order valence-electron chi connectivity index (χ4n) is 3.35. The number of rotatable bonds is 5. The van der Waals surface area contributed by atoms with Crippen LogP contribution in [0.1, 0.15) is 56.3 Å². The van der Waals surface area contributed by atoms with E-state index < -0.39 is 0 Å². The summed E-state index contributed by atoms with van der Waals surface area (Å²) in [4.78, 5) is 27.2. The second kappa shape index (κ2) is 8.35. The Morgan fingerprint density at radius 2 is 1.66 bits per heavy atom. The van der Waals surface area contributed by atoms with Crippen molar-refractivity contribution in [3.05, 3.63) is 88.4 Å². The minimum atomic E-state index is -0.176. The average Bonchev–Trinajstić information content (AvgIpc) is 2.98. The summed E-state index contributed by atoms with van der Waals surface area (Å²) in [6.07, 6.45) is 0. The predicted molar refractivity (Wildman–Crippen MR) is 114 cm³/mol. The lowest BCUT2D eigenvalue weighted by Gasteiger charge is -2.26. The Morgan fingerprint density at radius 1 is 0.966 bits per heavy atom. The van der Waals surface area contributed by atoms with Crippen molar-refractivity contribution in [1.29, 1.82) is 0 Å². The second-order valence-corrected chi connectivity index (χ2v) is 7.25. The van der Waals surface area contributed by atoms with Gasteiger partial charge in [0.15, 0.2) is 0 Å². The highest BCUT2D eigenvalue weighted by atomic mass is 16.3. The normalized spacial score (nSPS) is 11.8. The standard InChI is InChI=1S/C24H26N2O3/c1-15-17(3)29-18(4)22(15)24(28)26(5)16(2)20-12-9-13-21(14-20)25-23(27)19-10-7-6-8-11-19/h6-14,16H,1-5H3,(H,25,27)/t16-/m1/s1. The van der Waals surface area contributed by atoms with Crippen molar-refractivity contribution < 1.29 is 14.0 Å². The van der Waals surface area contributed by atoms with Gasteiger partial charge in [-0.1, -0.05) is 30.3 Å². The number of carbonyl (C=O) groups excluding carboxylic acids is 2. The zero-order valence-electron chi connectivity index (χ0n) is 17.4. The molecule has 1 aromatic heterocycles. The minimum absolute atomic E-state index is 0.0805. The Bertz CT molecular complexity index is 1040. The number of amides is 2. The molecule has 0 bridgehead atoms. The van der Waals surface area contributed by atoms with Crippen LogP contribution >= 0.6 is 0 Å². The molecule has 0 aliphatic rings. The molecule has 0 aliphatic heterocycles. The lowest BCUT2D eigenvalue weighted by Crippen LogP contribution is -2.30. The Hall–Kier alpha value is -3.34. The number of furan rings is 1. The van der Waals surface area contributed by atoms with Crippen LogP contribution in [0.4, 0.5) is 5.69 Å². The molecule has 2 amide bonds. The Kier molecular flexibility index (Phi) is 5.87. The van der Waals surface area contributed by atoms with Gasteiger partial charge in [0.2, 0.25) is 0 Å². The molecule has 0 unspecified atom stereocenters. The van der Waals surface area contributed by atoms with Gasteiger partial charge in [-0.05, 0) is 57.5 Å². The van der Waals surface area contributed by atoms with Crippen molar-refractivity contribution in [2.45, 2.75) is 33.7 Å². The molecule has 5 heteroatoms. The van der Waals surface area contributed by atoms with Gasteiger partial charge < -0.3 is 14.6 Å². The molecule has 3 aromatic rings. The van der Waals surface area contributed by atoms with Gasteiger partial charge in [-0.3, -0.25) is 9.59 Å². The van der Waals surface area contributed by atoms with E-state index in [1.807, 2.05) is 70.2 Å². The lowest BCUT2D eigenvalue weighted by atomic mass is 10.0. The van der Waals surface area contributed by atoms with Crippen LogP contribution in [0.15, 0.2) is 59.0 Å². The van der Waals surface area contributed by atoms with Crippen LogP contribution in [0.25, 0.3) is 0 Å². The first-order valence-corrected chi connectivity index (χ1v) is 9.59. The summed E-state index contributed by atoms with van der Waals surface area (Å²) in [5, 5.41) is 2.92. The average molecular weight is 390 g/mol. The molecule has 0 aliphatic carbocycles. The summed E-state index contributed by atoms with van der Waals surface area (Å²) in [6.45, 7) is 7.54. The van der Waals surface area contributed by atoms with Crippen LogP contribution in [-0.4, -0.2) is 23.8 Å². The highest BCUT2D eigenvalue weighted by Gasteiger charge is 2.25. The molecule has 3 rings (SSSR count). The number of benzene rings is 2. The molecular weight excluding hydrogens is 364 g/mol. The van der Waals surface area contributed by atoms with Crippen LogP contribution < -0.4 is 5.32 Å². The molecule has 1 N–H and O–H groups in total. The molecule has 1 atom stereocenters. The molecule has 2 aromatic carbocycles. The van der Waals surface area contributed by atoms with E-state index in [0.717, 1.165) is 16.9 Å². The first-order chi connectivity index (χ1) is 13.8. The monoisotopic (exact) mass is 390 g/mol. The Balaban J connectivity index is 1.79. The smallest absolute Gasteiger partial charge is 0.257 e. The van der Waals surface area contributed by atoms with E-state index in [2.05, 4.69) is 5.32 Å². The summed E-state index contributed by atoms with van der Waals surface area (Å²) in [5.41, 5.74) is 3.71. The highest BCUT2D eigenvalue weighted by Crippen LogP contribution is 2.27. The second-order valence-electron chi connectivity index (χ2n) is 7.25. The summed E-state index contributed by atoms with van der Waals surface area (Å²) in [7, 11) is 1.78. The quantitative estimate of drug-likeness (QED) is 0.644. The molecule has 150 valence electrons. The molecule has 29 heavy (non-hydrogen) atoms. The first-order valence-electron chi connectivity index (χ1n) is 9.59. The maximum atomic E-state index is 13.1. The first kappa shape index (κ1) is 20.4. The van der Waals surface area contributed by atoms with Crippen LogP contribution in [-0.2, 0) is 0 Å². The number of hydrogen-bond donors (Lipinski definition) is 1. The fourth-order valence-corrected chi connectivity index (χ4v) is 3.35. The van der Waals surface area contributed by atoms with Crippen molar-refractivity contribution in [2.24, 2.45) is 0 Å². The van der Waals surface area contributed by atoms with Crippen molar-refractivity contribution >= 4 is 17.5 Å². The van der Waals surface area contributed by atoms with Crippen molar-refractivity contribution in [3.63, 3.8) is 0 Å². The van der Waals surface area contributed by atoms with Crippen LogP contribution in [0.2, 0.25) is 0 Å². The maximum absolute atomic E-state index is 13.1. The molecule has 1 heterocycles. The molecule has 0 saturated carbocycles. The molecule has 0 spiro atoms. The summed E-state index contributed by atoms with van der Waals surface area (Å²) >= 11 is 0. The van der Waals surface area contributed by atoms with Gasteiger partial charge in [-0.25, -0.2) is 0 Å². The SMILES string of the molecule is Cc1oc(C)c(C(=O)N(C)[C@H](C)c2cccc(NC(=O)c3ccccc3)c2)c1C. The van der Waals surface area contributed by atoms with E-state index in [9.17, 15) is 9.59 Å². The molecule has 5 nitrogen and oxygen atoms in total. The van der Waals surface area contributed by atoms with Crippen LogP contribution in [0, 0.1) is 20.8 Å². The number of nitrogens with zero attached hydrogens (tertiary/aromatic N) is 1. The summed E-state index contributed by atoms with van der Waals surface area (Å²) in [6, 6.07) is 16.5. The highest BCUT2D eigenvalue weighted by molar-refractivity contribution is 6.04. The Morgan fingerprint density at radius 3 is 2.28 bits per heavy atom. The van der Waals surface area contributed by atoms with Gasteiger partial charge in [0, 0.05) is 23.9 Å². The topological polar surface area (TPSA) is 62.6 Å². The number of anilines is 1. The zero-order valence-corrected chi connectivity index (χ0v) is 17.4. The van der Waals surface area contributed by atoms with Crippen molar-refractivity contribution in [2.75, 3.05) is 12.4 Å². The van der Waals surface area contributed by atoms with Crippen molar-refractivity contribution in [3.8, 4) is 0 Å². The van der Waals surface area contributed by atoms with Gasteiger partial charge in [-0.15, -0.1) is 0 Å². The van der Waals surface area contributed by atoms with E-state index in [4.69, 9.17) is 4.42 Å². The van der Waals surface area contributed by atoms with Crippen LogP contribution in [0.3, 0.4) is 0 Å². The van der Waals surface area contributed by atoms with E-state index in [1.165, 1.54) is 0 Å². The van der Waals surface area contributed by atoms with Gasteiger partial charge in [0.25, 0.3) is 11.8 Å². The third-order valence-corrected chi connectivity index (χ3v) is 5.34. The maximum Gasteiger partial charge on any atom is 0.257 e. The number of hydrogen-bond acceptors (Lipinski definition) is 3. The van der Waals surface area contributed by atoms with Crippen LogP contribution in [0.5, 0.6) is 0 Å². The minimum Gasteiger partial charge on any atom is -0.466 e. The number of nitrogens with one attached hydrogen (secondary N) is 1. The summed E-state index contributed by atoms with van der Waals surface area (Å²) < 4.78 is 5.61. The lowest BCUT2D eigenvalue weighted by molar-refractivity contribution is 0.0740. The van der Waals surface area contributed by atoms with E-state index in [0.29, 0.717) is 22.6 Å². The molecular formula is C24H26N2O3. The largest absolute Gasteiger partial charge is 0.466 e.